The van der Waals surface area contributed by atoms with Gasteiger partial charge in [0.05, 0.1) is 18.8 Å². The number of aliphatic hydroxyl groups is 2. The molecule has 0 rings (SSSR count). The lowest BCUT2D eigenvalue weighted by Gasteiger charge is -2.19. The molecule has 4 heteroatoms. The van der Waals surface area contributed by atoms with Crippen molar-refractivity contribution in [2.24, 2.45) is 0 Å². The summed E-state index contributed by atoms with van der Waals surface area (Å²) in [5.74, 6) is -0.0823. The lowest BCUT2D eigenvalue weighted by atomic mass is 10.0. The van der Waals surface area contributed by atoms with E-state index in [-0.39, 0.29) is 12.5 Å². The second-order valence-electron chi connectivity index (χ2n) is 18.3. The molecule has 2 unspecified atom stereocenters. The Morgan fingerprint density at radius 3 is 1.05 bits per heavy atom. The van der Waals surface area contributed by atoms with Crippen LogP contribution in [0.3, 0.4) is 0 Å². The molecule has 360 valence electrons. The quantitative estimate of drug-likeness (QED) is 0.0421. The summed E-state index contributed by atoms with van der Waals surface area (Å²) in [6.07, 6.45) is 76.2. The molecule has 0 saturated heterocycles. The normalized spacial score (nSPS) is 13.4. The minimum Gasteiger partial charge on any atom is -0.394 e. The van der Waals surface area contributed by atoms with Gasteiger partial charge in [-0.3, -0.25) is 4.79 Å². The Morgan fingerprint density at radius 1 is 0.387 bits per heavy atom. The number of amides is 1. The molecule has 0 aliphatic rings. The highest BCUT2D eigenvalue weighted by molar-refractivity contribution is 5.76. The second-order valence-corrected chi connectivity index (χ2v) is 18.3. The van der Waals surface area contributed by atoms with Crippen molar-refractivity contribution >= 4 is 5.91 Å². The van der Waals surface area contributed by atoms with Gasteiger partial charge in [-0.1, -0.05) is 254 Å². The van der Waals surface area contributed by atoms with Gasteiger partial charge in [0.15, 0.2) is 0 Å². The van der Waals surface area contributed by atoms with Gasteiger partial charge in [0, 0.05) is 6.42 Å². The number of carbonyl (C=O) groups excluding carboxylic acids is 1. The molecular formula is C58H105NO3. The third kappa shape index (κ3) is 48.9. The number of nitrogens with one attached hydrogen (secondary N) is 1. The van der Waals surface area contributed by atoms with Crippen molar-refractivity contribution in [1.82, 2.24) is 5.32 Å². The molecule has 0 aromatic rings. The molecule has 0 fully saturated rings. The van der Waals surface area contributed by atoms with Gasteiger partial charge in [0.2, 0.25) is 5.91 Å². The monoisotopic (exact) mass is 864 g/mol. The Kier molecular flexibility index (Phi) is 51.3. The van der Waals surface area contributed by atoms with Crippen LogP contribution in [0.5, 0.6) is 0 Å². The molecule has 0 aromatic carbocycles. The van der Waals surface area contributed by atoms with Crippen LogP contribution in [0.25, 0.3) is 0 Å². The predicted molar refractivity (Wildman–Crippen MR) is 276 cm³/mol. The fourth-order valence-corrected chi connectivity index (χ4v) is 7.98. The van der Waals surface area contributed by atoms with Crippen molar-refractivity contribution in [2.75, 3.05) is 6.61 Å². The van der Waals surface area contributed by atoms with Gasteiger partial charge in [-0.05, 0) is 83.5 Å². The van der Waals surface area contributed by atoms with Crippen molar-refractivity contribution in [3.05, 3.63) is 72.9 Å². The van der Waals surface area contributed by atoms with Crippen LogP contribution in [0.1, 0.15) is 271 Å². The maximum Gasteiger partial charge on any atom is 0.220 e. The summed E-state index contributed by atoms with van der Waals surface area (Å²) >= 11 is 0. The smallest absolute Gasteiger partial charge is 0.220 e. The van der Waals surface area contributed by atoms with Crippen molar-refractivity contribution < 1.29 is 15.0 Å². The summed E-state index contributed by atoms with van der Waals surface area (Å²) in [5, 5.41) is 23.1. The molecule has 0 heterocycles. The number of rotatable bonds is 49. The Hall–Kier alpha value is -2.17. The molecule has 0 aliphatic carbocycles. The number of unbranched alkanes of at least 4 members (excludes halogenated alkanes) is 32. The fraction of sp³-hybridized carbons (Fsp3) is 0.776. The third-order valence-corrected chi connectivity index (χ3v) is 12.1. The lowest BCUT2D eigenvalue weighted by molar-refractivity contribution is -0.123. The van der Waals surface area contributed by atoms with Crippen LogP contribution in [-0.2, 0) is 4.79 Å². The van der Waals surface area contributed by atoms with Crippen molar-refractivity contribution in [2.45, 2.75) is 283 Å². The van der Waals surface area contributed by atoms with Gasteiger partial charge in [0.25, 0.3) is 0 Å². The van der Waals surface area contributed by atoms with Gasteiger partial charge < -0.3 is 15.5 Å². The van der Waals surface area contributed by atoms with E-state index in [1.807, 2.05) is 6.08 Å². The molecule has 2 atom stereocenters. The van der Waals surface area contributed by atoms with Crippen LogP contribution >= 0.6 is 0 Å². The summed E-state index contributed by atoms with van der Waals surface area (Å²) in [6, 6.07) is -0.652. The lowest BCUT2D eigenvalue weighted by Crippen LogP contribution is -2.45. The molecule has 0 radical (unpaired) electrons. The van der Waals surface area contributed by atoms with E-state index in [0.29, 0.717) is 6.42 Å². The highest BCUT2D eigenvalue weighted by atomic mass is 16.3. The van der Waals surface area contributed by atoms with Gasteiger partial charge in [-0.15, -0.1) is 0 Å². The van der Waals surface area contributed by atoms with E-state index in [1.54, 1.807) is 6.08 Å². The molecule has 4 nitrogen and oxygen atoms in total. The summed E-state index contributed by atoms with van der Waals surface area (Å²) in [5.41, 5.74) is 0. The van der Waals surface area contributed by atoms with E-state index < -0.39 is 12.1 Å². The highest BCUT2D eigenvalue weighted by Crippen LogP contribution is 2.15. The molecular weight excluding hydrogens is 759 g/mol. The van der Waals surface area contributed by atoms with Gasteiger partial charge >= 0.3 is 0 Å². The zero-order valence-corrected chi connectivity index (χ0v) is 41.4. The predicted octanol–water partition coefficient (Wildman–Crippen LogP) is 17.8. The largest absolute Gasteiger partial charge is 0.394 e. The summed E-state index contributed by atoms with van der Waals surface area (Å²) in [7, 11) is 0. The number of hydrogen-bond donors (Lipinski definition) is 3. The van der Waals surface area contributed by atoms with E-state index in [2.05, 4.69) is 79.9 Å². The fourth-order valence-electron chi connectivity index (χ4n) is 7.98. The average Bonchev–Trinajstić information content (AvgIpc) is 3.28. The first kappa shape index (κ1) is 59.8. The first-order valence-corrected chi connectivity index (χ1v) is 27.2. The number of hydrogen-bond acceptors (Lipinski definition) is 3. The van der Waals surface area contributed by atoms with E-state index in [9.17, 15) is 15.0 Å². The molecule has 0 aliphatic heterocycles. The second kappa shape index (κ2) is 53.2. The first-order chi connectivity index (χ1) is 30.7. The minimum atomic E-state index is -0.876. The molecule has 0 saturated carbocycles. The Morgan fingerprint density at radius 2 is 0.677 bits per heavy atom. The molecule has 1 amide bonds. The molecule has 0 bridgehead atoms. The van der Waals surface area contributed by atoms with Crippen LogP contribution in [0, 0.1) is 0 Å². The van der Waals surface area contributed by atoms with Crippen LogP contribution in [0.4, 0.5) is 0 Å². The summed E-state index contributed by atoms with van der Waals surface area (Å²) < 4.78 is 0. The van der Waals surface area contributed by atoms with Crippen LogP contribution < -0.4 is 5.32 Å². The SMILES string of the molecule is CCCCCCC/C=C\C/C=C\C/C=C\CCCCCCCCCCCCC(=O)NC(CO)C(O)/C=C/CC/C=C/CC/C=C/CCCCCCCCCCCCCCCCC. The standard InChI is InChI=1S/C58H105NO3/c1-3-5-7-9-11-13-15-17-19-21-23-25-27-29-31-33-35-37-39-41-43-45-47-49-51-53-57(61)56(55-60)59-58(62)54-52-50-48-46-44-42-40-38-36-34-32-30-28-26-24-22-20-18-16-14-12-10-8-6-4-2/h16,18,22,24,28,30,35,37,43,45,51,53,56-57,60-61H,3-15,17,19-21,23,25-27,29,31-34,36,38-42,44,46-50,52,54-55H2,1-2H3,(H,59,62)/b18-16-,24-22-,30-28-,37-35+,45-43+,53-51+. The van der Waals surface area contributed by atoms with Crippen molar-refractivity contribution in [3.8, 4) is 0 Å². The van der Waals surface area contributed by atoms with Crippen molar-refractivity contribution in [3.63, 3.8) is 0 Å². The van der Waals surface area contributed by atoms with Crippen molar-refractivity contribution in [1.29, 1.82) is 0 Å². The van der Waals surface area contributed by atoms with Gasteiger partial charge in [-0.25, -0.2) is 0 Å². The Bertz CT molecular complexity index is 1070. The van der Waals surface area contributed by atoms with Crippen LogP contribution in [0.15, 0.2) is 72.9 Å². The number of carbonyl (C=O) groups is 1. The Balaban J connectivity index is 3.61. The molecule has 0 aromatic heterocycles. The van der Waals surface area contributed by atoms with E-state index in [0.717, 1.165) is 51.4 Å². The third-order valence-electron chi connectivity index (χ3n) is 12.1. The zero-order chi connectivity index (χ0) is 44.9. The maximum absolute atomic E-state index is 12.5. The van der Waals surface area contributed by atoms with Gasteiger partial charge in [-0.2, -0.15) is 0 Å². The zero-order valence-electron chi connectivity index (χ0n) is 41.4. The van der Waals surface area contributed by atoms with Crippen LogP contribution in [0.2, 0.25) is 0 Å². The average molecular weight is 864 g/mol. The highest BCUT2D eigenvalue weighted by Gasteiger charge is 2.17. The minimum absolute atomic E-state index is 0.0823. The van der Waals surface area contributed by atoms with E-state index in [1.165, 1.54) is 199 Å². The number of aliphatic hydroxyl groups excluding tert-OH is 2. The first-order valence-electron chi connectivity index (χ1n) is 27.2. The Labute approximate surface area is 387 Å². The van der Waals surface area contributed by atoms with E-state index >= 15 is 0 Å². The number of allylic oxidation sites excluding steroid dienone is 11. The molecule has 62 heavy (non-hydrogen) atoms. The summed E-state index contributed by atoms with van der Waals surface area (Å²) in [6.45, 7) is 4.29. The van der Waals surface area contributed by atoms with Crippen LogP contribution in [-0.4, -0.2) is 34.9 Å². The van der Waals surface area contributed by atoms with E-state index in [4.69, 9.17) is 0 Å². The topological polar surface area (TPSA) is 69.6 Å². The maximum atomic E-state index is 12.5. The van der Waals surface area contributed by atoms with Gasteiger partial charge in [0.1, 0.15) is 0 Å². The molecule has 0 spiro atoms. The summed E-state index contributed by atoms with van der Waals surface area (Å²) in [4.78, 5) is 12.5. The molecule has 3 N–H and O–H groups in total.